The molecule has 142 valence electrons. The highest BCUT2D eigenvalue weighted by Gasteiger charge is 2.13. The van der Waals surface area contributed by atoms with Gasteiger partial charge in [0.05, 0.1) is 0 Å². The Morgan fingerprint density at radius 3 is 2.32 bits per heavy atom. The maximum absolute atomic E-state index is 12.4. The summed E-state index contributed by atoms with van der Waals surface area (Å²) >= 11 is 0. The van der Waals surface area contributed by atoms with Gasteiger partial charge in [0, 0.05) is 23.5 Å². The molecule has 0 aliphatic carbocycles. The topological polar surface area (TPSA) is 75.2 Å². The Morgan fingerprint density at radius 2 is 1.75 bits per heavy atom. The summed E-state index contributed by atoms with van der Waals surface area (Å²) in [6.45, 7) is 6.31. The minimum absolute atomic E-state index is 0.0200. The van der Waals surface area contributed by atoms with Crippen LogP contribution in [-0.2, 0) is 0 Å². The molecule has 0 saturated heterocycles. The van der Waals surface area contributed by atoms with Crippen LogP contribution in [0.5, 0.6) is 0 Å². The van der Waals surface area contributed by atoms with E-state index in [-0.39, 0.29) is 17.4 Å². The van der Waals surface area contributed by atoms with Crippen molar-refractivity contribution >= 4 is 28.9 Å². The number of carbonyl (C=O) groups is 2. The zero-order valence-electron chi connectivity index (χ0n) is 16.1. The number of benzene rings is 2. The van der Waals surface area contributed by atoms with Crippen LogP contribution in [-0.4, -0.2) is 28.4 Å². The van der Waals surface area contributed by atoms with Crippen LogP contribution in [0.1, 0.15) is 40.3 Å². The first kappa shape index (κ1) is 19.2. The highest BCUT2D eigenvalue weighted by Crippen LogP contribution is 2.23. The summed E-state index contributed by atoms with van der Waals surface area (Å²) in [6, 6.07) is 18.3. The number of aryl methyl sites for hydroxylation is 1. The molecule has 0 aliphatic rings. The average molecular weight is 374 g/mol. The first-order valence-corrected chi connectivity index (χ1v) is 9.08. The van der Waals surface area contributed by atoms with Crippen molar-refractivity contribution in [1.29, 1.82) is 0 Å². The molecule has 0 fully saturated rings. The molecule has 0 radical (unpaired) electrons. The molecule has 3 aromatic rings. The van der Waals surface area contributed by atoms with Crippen molar-refractivity contribution in [2.24, 2.45) is 0 Å². The van der Waals surface area contributed by atoms with E-state index in [9.17, 15) is 9.59 Å². The first-order valence-electron chi connectivity index (χ1n) is 9.08. The molecule has 0 atom stereocenters. The maximum Gasteiger partial charge on any atom is 0.276 e. The van der Waals surface area contributed by atoms with Crippen LogP contribution in [0, 0.1) is 6.92 Å². The van der Waals surface area contributed by atoms with Gasteiger partial charge in [-0.25, -0.2) is 0 Å². The molecule has 0 aliphatic heterocycles. The zero-order chi connectivity index (χ0) is 20.1. The number of amides is 1. The number of nitrogens with zero attached hydrogens (tertiary/aromatic N) is 3. The summed E-state index contributed by atoms with van der Waals surface area (Å²) < 4.78 is 0. The largest absolute Gasteiger partial charge is 0.325 e. The second kappa shape index (κ2) is 8.43. The van der Waals surface area contributed by atoms with Crippen molar-refractivity contribution in [2.45, 2.75) is 20.8 Å². The van der Waals surface area contributed by atoms with E-state index in [0.29, 0.717) is 17.1 Å². The Balaban J connectivity index is 1.74. The molecule has 6 nitrogen and oxygen atoms in total. The number of nitrogens with one attached hydrogen (secondary N) is 1. The zero-order valence-corrected chi connectivity index (χ0v) is 16.1. The maximum atomic E-state index is 12.4. The van der Waals surface area contributed by atoms with Gasteiger partial charge in [0.1, 0.15) is 0 Å². The van der Waals surface area contributed by atoms with Gasteiger partial charge in [-0.15, -0.1) is 10.2 Å². The van der Waals surface area contributed by atoms with Gasteiger partial charge in [-0.2, -0.15) is 0 Å². The molecule has 3 rings (SSSR count). The number of Topliss-reactive ketones (excluding diaryl/α,β-unsaturated/α-hetero) is 1. The number of aromatic nitrogens is 2. The van der Waals surface area contributed by atoms with Gasteiger partial charge >= 0.3 is 0 Å². The molecule has 0 bridgehead atoms. The lowest BCUT2D eigenvalue weighted by atomic mass is 10.1. The van der Waals surface area contributed by atoms with Gasteiger partial charge in [-0.1, -0.05) is 12.1 Å². The SMILES string of the molecule is CCN(c1cccc(C)c1)c1ccc(C(=O)Nc2ccc(C(C)=O)cc2)nn1. The Kier molecular flexibility index (Phi) is 5.79. The normalized spacial score (nSPS) is 10.4. The number of ketones is 1. The molecule has 0 unspecified atom stereocenters. The van der Waals surface area contributed by atoms with Crippen LogP contribution in [0.3, 0.4) is 0 Å². The summed E-state index contributed by atoms with van der Waals surface area (Å²) in [5, 5.41) is 11.1. The first-order chi connectivity index (χ1) is 13.5. The van der Waals surface area contributed by atoms with Crippen molar-refractivity contribution in [3.05, 3.63) is 77.5 Å². The second-order valence-electron chi connectivity index (χ2n) is 6.45. The van der Waals surface area contributed by atoms with E-state index in [1.165, 1.54) is 6.92 Å². The predicted octanol–water partition coefficient (Wildman–Crippen LogP) is 4.40. The highest BCUT2D eigenvalue weighted by atomic mass is 16.2. The van der Waals surface area contributed by atoms with Gasteiger partial charge < -0.3 is 10.2 Å². The third-order valence-electron chi connectivity index (χ3n) is 4.34. The van der Waals surface area contributed by atoms with Crippen LogP contribution >= 0.6 is 0 Å². The van der Waals surface area contributed by atoms with Crippen molar-refractivity contribution < 1.29 is 9.59 Å². The molecular formula is C22H22N4O2. The Hall–Kier alpha value is -3.54. The van der Waals surface area contributed by atoms with E-state index < -0.39 is 0 Å². The van der Waals surface area contributed by atoms with Crippen molar-refractivity contribution in [3.8, 4) is 0 Å². The molecule has 28 heavy (non-hydrogen) atoms. The molecule has 0 spiro atoms. The van der Waals surface area contributed by atoms with Crippen LogP contribution in [0.2, 0.25) is 0 Å². The monoisotopic (exact) mass is 374 g/mol. The van der Waals surface area contributed by atoms with E-state index in [0.717, 1.165) is 17.8 Å². The van der Waals surface area contributed by atoms with Gasteiger partial charge in [0.25, 0.3) is 5.91 Å². The van der Waals surface area contributed by atoms with E-state index >= 15 is 0 Å². The van der Waals surface area contributed by atoms with E-state index in [1.54, 1.807) is 36.4 Å². The summed E-state index contributed by atoms with van der Waals surface area (Å²) in [5.74, 6) is 0.303. The molecule has 1 heterocycles. The average Bonchev–Trinajstić information content (AvgIpc) is 2.69. The lowest BCUT2D eigenvalue weighted by Crippen LogP contribution is -2.20. The van der Waals surface area contributed by atoms with Crippen LogP contribution in [0.15, 0.2) is 60.7 Å². The standard InChI is InChI=1S/C22H22N4O2/c1-4-26(19-7-5-6-15(2)14-19)21-13-12-20(24-25-21)22(28)23-18-10-8-17(9-11-18)16(3)27/h5-14H,4H2,1-3H3,(H,23,28). The smallest absolute Gasteiger partial charge is 0.276 e. The minimum atomic E-state index is -0.353. The molecule has 0 saturated carbocycles. The molecule has 6 heteroatoms. The predicted molar refractivity (Wildman–Crippen MR) is 110 cm³/mol. The second-order valence-corrected chi connectivity index (χ2v) is 6.45. The Bertz CT molecular complexity index is 982. The Labute approximate surface area is 164 Å². The van der Waals surface area contributed by atoms with E-state index in [2.05, 4.69) is 21.6 Å². The lowest BCUT2D eigenvalue weighted by Gasteiger charge is -2.22. The Morgan fingerprint density at radius 1 is 1.00 bits per heavy atom. The fourth-order valence-electron chi connectivity index (χ4n) is 2.85. The van der Waals surface area contributed by atoms with Crippen LogP contribution in [0.25, 0.3) is 0 Å². The lowest BCUT2D eigenvalue weighted by molar-refractivity contribution is 0.101. The molecule has 1 aromatic heterocycles. The number of hydrogen-bond donors (Lipinski definition) is 1. The number of rotatable bonds is 6. The number of carbonyl (C=O) groups excluding carboxylic acids is 2. The van der Waals surface area contributed by atoms with Gasteiger partial charge in [-0.05, 0) is 74.9 Å². The van der Waals surface area contributed by atoms with Crippen molar-refractivity contribution in [3.63, 3.8) is 0 Å². The molecule has 1 amide bonds. The van der Waals surface area contributed by atoms with E-state index in [1.807, 2.05) is 36.9 Å². The van der Waals surface area contributed by atoms with Gasteiger partial charge in [-0.3, -0.25) is 9.59 Å². The van der Waals surface area contributed by atoms with E-state index in [4.69, 9.17) is 0 Å². The van der Waals surface area contributed by atoms with Gasteiger partial charge in [0.2, 0.25) is 0 Å². The molecule has 2 aromatic carbocycles. The summed E-state index contributed by atoms with van der Waals surface area (Å²) in [4.78, 5) is 25.8. The van der Waals surface area contributed by atoms with Crippen LogP contribution in [0.4, 0.5) is 17.2 Å². The summed E-state index contributed by atoms with van der Waals surface area (Å²) in [6.07, 6.45) is 0. The summed E-state index contributed by atoms with van der Waals surface area (Å²) in [7, 11) is 0. The molecular weight excluding hydrogens is 352 g/mol. The highest BCUT2D eigenvalue weighted by molar-refractivity contribution is 6.03. The third kappa shape index (κ3) is 4.40. The van der Waals surface area contributed by atoms with Crippen molar-refractivity contribution in [2.75, 3.05) is 16.8 Å². The van der Waals surface area contributed by atoms with Crippen molar-refractivity contribution in [1.82, 2.24) is 10.2 Å². The fraction of sp³-hybridized carbons (Fsp3) is 0.182. The minimum Gasteiger partial charge on any atom is -0.325 e. The number of hydrogen-bond acceptors (Lipinski definition) is 5. The van der Waals surface area contributed by atoms with Crippen LogP contribution < -0.4 is 10.2 Å². The van der Waals surface area contributed by atoms with Gasteiger partial charge in [0.15, 0.2) is 17.3 Å². The quantitative estimate of drug-likeness (QED) is 0.647. The summed E-state index contributed by atoms with van der Waals surface area (Å²) in [5.41, 5.74) is 3.60. The number of anilines is 3. The molecule has 1 N–H and O–H groups in total. The third-order valence-corrected chi connectivity index (χ3v) is 4.34. The fourth-order valence-corrected chi connectivity index (χ4v) is 2.85.